The number of rotatable bonds is 1. The molecule has 1 N–H and O–H groups in total. The Morgan fingerprint density at radius 2 is 1.95 bits per heavy atom. The summed E-state index contributed by atoms with van der Waals surface area (Å²) in [7, 11) is 0. The van der Waals surface area contributed by atoms with Gasteiger partial charge in [0.25, 0.3) is 5.91 Å². The first-order valence-electron chi connectivity index (χ1n) is 6.52. The lowest BCUT2D eigenvalue weighted by Gasteiger charge is -2.37. The van der Waals surface area contributed by atoms with Gasteiger partial charge in [0.15, 0.2) is 0 Å². The Morgan fingerprint density at radius 3 is 2.53 bits per heavy atom. The second kappa shape index (κ2) is 4.76. The van der Waals surface area contributed by atoms with Crippen molar-refractivity contribution in [3.8, 4) is 0 Å². The molecule has 0 spiro atoms. The number of benzene rings is 1. The van der Waals surface area contributed by atoms with Crippen molar-refractivity contribution >= 4 is 17.5 Å². The van der Waals surface area contributed by atoms with Crippen molar-refractivity contribution in [2.24, 2.45) is 0 Å². The van der Waals surface area contributed by atoms with E-state index in [1.54, 1.807) is 4.90 Å². The molecule has 1 aromatic carbocycles. The van der Waals surface area contributed by atoms with E-state index in [9.17, 15) is 14.3 Å². The Hall–Kier alpha value is -1.13. The zero-order valence-electron chi connectivity index (χ0n) is 10.4. The smallest absolute Gasteiger partial charge is 0.258 e. The molecule has 3 nitrogen and oxygen atoms in total. The van der Waals surface area contributed by atoms with Gasteiger partial charge in [-0.15, -0.1) is 0 Å². The van der Waals surface area contributed by atoms with Crippen molar-refractivity contribution in [3.05, 3.63) is 34.6 Å². The van der Waals surface area contributed by atoms with E-state index in [2.05, 4.69) is 0 Å². The number of carbonyl (C=O) groups is 1. The van der Waals surface area contributed by atoms with Crippen molar-refractivity contribution < 1.29 is 14.3 Å². The van der Waals surface area contributed by atoms with Crippen LogP contribution in [0.25, 0.3) is 0 Å². The molecule has 5 heteroatoms. The van der Waals surface area contributed by atoms with E-state index in [0.29, 0.717) is 12.8 Å². The van der Waals surface area contributed by atoms with Crippen LogP contribution < -0.4 is 0 Å². The molecule has 2 aliphatic rings. The second-order valence-corrected chi connectivity index (χ2v) is 5.73. The van der Waals surface area contributed by atoms with Gasteiger partial charge in [-0.25, -0.2) is 4.39 Å². The van der Waals surface area contributed by atoms with Gasteiger partial charge in [-0.3, -0.25) is 4.79 Å². The fourth-order valence-corrected chi connectivity index (χ4v) is 3.55. The number of aliphatic hydroxyl groups is 1. The van der Waals surface area contributed by atoms with Crippen LogP contribution in [0.3, 0.4) is 0 Å². The van der Waals surface area contributed by atoms with Crippen molar-refractivity contribution in [1.82, 2.24) is 4.90 Å². The van der Waals surface area contributed by atoms with Gasteiger partial charge in [-0.2, -0.15) is 0 Å². The Kier molecular flexibility index (Phi) is 3.23. The van der Waals surface area contributed by atoms with Gasteiger partial charge in [0, 0.05) is 12.1 Å². The fourth-order valence-electron chi connectivity index (χ4n) is 3.31. The molecule has 0 aliphatic carbocycles. The molecule has 0 saturated carbocycles. The minimum atomic E-state index is -0.581. The summed E-state index contributed by atoms with van der Waals surface area (Å²) < 4.78 is 13.8. The third kappa shape index (κ3) is 2.13. The van der Waals surface area contributed by atoms with E-state index in [4.69, 9.17) is 11.6 Å². The lowest BCUT2D eigenvalue weighted by molar-refractivity contribution is 0.0284. The molecule has 2 aliphatic heterocycles. The molecule has 2 heterocycles. The van der Waals surface area contributed by atoms with Crippen molar-refractivity contribution in [3.63, 3.8) is 0 Å². The van der Waals surface area contributed by atoms with Gasteiger partial charge < -0.3 is 10.0 Å². The quantitative estimate of drug-likeness (QED) is 0.861. The molecular weight excluding hydrogens is 269 g/mol. The molecular formula is C14H15ClFNO2. The number of carbonyl (C=O) groups excluding carboxylic acids is 1. The highest BCUT2D eigenvalue weighted by Crippen LogP contribution is 2.37. The standard InChI is InChI=1S/C14H15ClFNO2/c15-11-2-1-3-12(16)13(11)14(19)17-8-4-5-9(17)7-10(18)6-8/h1-3,8-10,18H,4-7H2. The van der Waals surface area contributed by atoms with Gasteiger partial charge in [0.2, 0.25) is 0 Å². The molecule has 1 aromatic rings. The second-order valence-electron chi connectivity index (χ2n) is 5.32. The van der Waals surface area contributed by atoms with Gasteiger partial charge >= 0.3 is 0 Å². The van der Waals surface area contributed by atoms with Crippen molar-refractivity contribution in [1.29, 1.82) is 0 Å². The minimum absolute atomic E-state index is 0.0110. The van der Waals surface area contributed by atoms with Gasteiger partial charge in [-0.05, 0) is 37.8 Å². The molecule has 2 bridgehead atoms. The topological polar surface area (TPSA) is 40.5 Å². The summed E-state index contributed by atoms with van der Waals surface area (Å²) >= 11 is 5.95. The highest BCUT2D eigenvalue weighted by molar-refractivity contribution is 6.33. The molecule has 2 fully saturated rings. The first-order valence-corrected chi connectivity index (χ1v) is 6.90. The molecule has 2 atom stereocenters. The van der Waals surface area contributed by atoms with Gasteiger partial charge in [-0.1, -0.05) is 17.7 Å². The van der Waals surface area contributed by atoms with Crippen LogP contribution in [0.2, 0.25) is 5.02 Å². The summed E-state index contributed by atoms with van der Waals surface area (Å²) in [6, 6.07) is 4.29. The van der Waals surface area contributed by atoms with E-state index in [1.165, 1.54) is 18.2 Å². The zero-order valence-corrected chi connectivity index (χ0v) is 11.1. The highest BCUT2D eigenvalue weighted by Gasteiger charge is 2.43. The maximum atomic E-state index is 13.8. The van der Waals surface area contributed by atoms with E-state index in [-0.39, 0.29) is 34.7 Å². The third-order valence-electron chi connectivity index (χ3n) is 4.12. The average Bonchev–Trinajstić information content (AvgIpc) is 2.61. The van der Waals surface area contributed by atoms with E-state index >= 15 is 0 Å². The number of amides is 1. The van der Waals surface area contributed by atoms with Crippen LogP contribution in [-0.4, -0.2) is 34.1 Å². The summed E-state index contributed by atoms with van der Waals surface area (Å²) in [6.45, 7) is 0. The van der Waals surface area contributed by atoms with Crippen LogP contribution >= 0.6 is 11.6 Å². The SMILES string of the molecule is O=C(c1c(F)cccc1Cl)N1C2CCC1CC(O)C2. The molecule has 102 valence electrons. The lowest BCUT2D eigenvalue weighted by Crippen LogP contribution is -2.48. The fraction of sp³-hybridized carbons (Fsp3) is 0.500. The van der Waals surface area contributed by atoms with E-state index in [0.717, 1.165) is 12.8 Å². The average molecular weight is 284 g/mol. The highest BCUT2D eigenvalue weighted by atomic mass is 35.5. The number of halogens is 2. The maximum Gasteiger partial charge on any atom is 0.258 e. The molecule has 0 radical (unpaired) electrons. The van der Waals surface area contributed by atoms with Gasteiger partial charge in [0.05, 0.1) is 16.7 Å². The van der Waals surface area contributed by atoms with Crippen LogP contribution in [0.15, 0.2) is 18.2 Å². The number of nitrogens with zero attached hydrogens (tertiary/aromatic N) is 1. The Bertz CT molecular complexity index is 488. The molecule has 1 amide bonds. The monoisotopic (exact) mass is 283 g/mol. The summed E-state index contributed by atoms with van der Waals surface area (Å²) in [5.74, 6) is -0.925. The third-order valence-corrected chi connectivity index (χ3v) is 4.43. The zero-order chi connectivity index (χ0) is 13.6. The van der Waals surface area contributed by atoms with E-state index < -0.39 is 5.82 Å². The van der Waals surface area contributed by atoms with Crippen molar-refractivity contribution in [2.75, 3.05) is 0 Å². The molecule has 2 saturated heterocycles. The van der Waals surface area contributed by atoms with Crippen LogP contribution in [0.1, 0.15) is 36.0 Å². The predicted molar refractivity (Wildman–Crippen MR) is 69.6 cm³/mol. The Labute approximate surface area is 116 Å². The maximum absolute atomic E-state index is 13.8. The molecule has 2 unspecified atom stereocenters. The molecule has 3 rings (SSSR count). The summed E-state index contributed by atoms with van der Waals surface area (Å²) in [5, 5.41) is 9.88. The molecule has 0 aromatic heterocycles. The lowest BCUT2D eigenvalue weighted by atomic mass is 9.98. The number of fused-ring (bicyclic) bond motifs is 2. The number of hydrogen-bond acceptors (Lipinski definition) is 2. The first kappa shape index (κ1) is 12.9. The molecule has 19 heavy (non-hydrogen) atoms. The number of piperidine rings is 1. The first-order chi connectivity index (χ1) is 9.08. The predicted octanol–water partition coefficient (Wildman–Crippen LogP) is 2.61. The van der Waals surface area contributed by atoms with E-state index in [1.807, 2.05) is 0 Å². The largest absolute Gasteiger partial charge is 0.393 e. The summed E-state index contributed by atoms with van der Waals surface area (Å²) in [6.07, 6.45) is 2.56. The van der Waals surface area contributed by atoms with Gasteiger partial charge in [0.1, 0.15) is 5.82 Å². The normalized spacial score (nSPS) is 29.6. The number of hydrogen-bond donors (Lipinski definition) is 1. The Morgan fingerprint density at radius 1 is 1.32 bits per heavy atom. The van der Waals surface area contributed by atoms with Crippen LogP contribution in [0.5, 0.6) is 0 Å². The minimum Gasteiger partial charge on any atom is -0.393 e. The number of aliphatic hydroxyl groups excluding tert-OH is 1. The summed E-state index contributed by atoms with van der Waals surface area (Å²) in [5.41, 5.74) is -0.0440. The summed E-state index contributed by atoms with van der Waals surface area (Å²) in [4.78, 5) is 14.2. The van der Waals surface area contributed by atoms with Crippen LogP contribution in [0, 0.1) is 5.82 Å². The van der Waals surface area contributed by atoms with Crippen LogP contribution in [-0.2, 0) is 0 Å². The Balaban J connectivity index is 1.93. The van der Waals surface area contributed by atoms with Crippen molar-refractivity contribution in [2.45, 2.75) is 43.9 Å². The van der Waals surface area contributed by atoms with Crippen LogP contribution in [0.4, 0.5) is 4.39 Å².